The van der Waals surface area contributed by atoms with Gasteiger partial charge < -0.3 is 0 Å². The summed E-state index contributed by atoms with van der Waals surface area (Å²) in [5.74, 6) is 0. The van der Waals surface area contributed by atoms with Crippen LogP contribution in [0.2, 0.25) is 0 Å². The van der Waals surface area contributed by atoms with E-state index in [-0.39, 0.29) is 15.0 Å². The topological polar surface area (TPSA) is 29.0 Å². The quantitative estimate of drug-likeness (QED) is 0.424. The number of anilines is 1. The molecule has 2 aromatic carbocycles. The van der Waals surface area contributed by atoms with E-state index >= 15 is 0 Å². The molecule has 0 amide bonds. The van der Waals surface area contributed by atoms with Crippen LogP contribution < -0.4 is 5.73 Å². The van der Waals surface area contributed by atoms with Gasteiger partial charge in [-0.05, 0) is 0 Å². The maximum atomic E-state index is 5.90. The first-order valence-electron chi connectivity index (χ1n) is 9.27. The van der Waals surface area contributed by atoms with Gasteiger partial charge in [0.2, 0.25) is 0 Å². The third-order valence-corrected chi connectivity index (χ3v) is 7.17. The van der Waals surface area contributed by atoms with Crippen molar-refractivity contribution in [2.75, 3.05) is 19.8 Å². The second-order valence-electron chi connectivity index (χ2n) is 7.00. The normalized spacial score (nSPS) is 16.1. The first-order chi connectivity index (χ1) is 13.6. The van der Waals surface area contributed by atoms with Gasteiger partial charge in [-0.3, -0.25) is 0 Å². The Bertz CT molecular complexity index is 1060. The van der Waals surface area contributed by atoms with Crippen LogP contribution in [0.15, 0.2) is 101 Å². The van der Waals surface area contributed by atoms with Crippen LogP contribution in [-0.2, 0) is 0 Å². The summed E-state index contributed by atoms with van der Waals surface area (Å²) in [5.41, 5.74) is 13.0. The van der Waals surface area contributed by atoms with Gasteiger partial charge in [0.15, 0.2) is 0 Å². The van der Waals surface area contributed by atoms with Gasteiger partial charge in [0.25, 0.3) is 0 Å². The molecule has 1 aliphatic heterocycles. The fraction of sp³-hybridized carbons (Fsp3) is 0.0800. The summed E-state index contributed by atoms with van der Waals surface area (Å²) in [6, 6.07) is 18.8. The van der Waals surface area contributed by atoms with Crippen LogP contribution in [0.25, 0.3) is 10.0 Å². The number of rotatable bonds is 2. The number of benzene rings is 2. The summed E-state index contributed by atoms with van der Waals surface area (Å²) in [6.07, 6.45) is 13.5. The van der Waals surface area contributed by atoms with Crippen molar-refractivity contribution in [2.45, 2.75) is 0 Å². The van der Waals surface area contributed by atoms with Gasteiger partial charge in [-0.2, -0.15) is 0 Å². The van der Waals surface area contributed by atoms with Crippen molar-refractivity contribution >= 4 is 36.4 Å². The monoisotopic (exact) mass is 431 g/mol. The van der Waals surface area contributed by atoms with Gasteiger partial charge in [0, 0.05) is 0 Å². The van der Waals surface area contributed by atoms with E-state index in [0.29, 0.717) is 0 Å². The third-order valence-electron chi connectivity index (χ3n) is 4.76. The molecule has 0 saturated heterocycles. The molecule has 2 aliphatic rings. The summed E-state index contributed by atoms with van der Waals surface area (Å²) in [7, 11) is 4.14. The molecule has 0 unspecified atom stereocenters. The molecular formula is C25H23N2Se+. The fourth-order valence-corrected chi connectivity index (χ4v) is 5.50. The summed E-state index contributed by atoms with van der Waals surface area (Å²) < 4.78 is 4.90. The molecule has 0 spiro atoms. The standard InChI is InChI=1S/C25H22N2Se/c1-27(2)23-14-10-20(11-15-23)25-17-21(18-6-4-3-5-7-18)16-24(28-25)19-8-12-22(26)13-9-19/h3-17,26H,1-2H3/p+1. The summed E-state index contributed by atoms with van der Waals surface area (Å²) >= 11 is 0.230. The Morgan fingerprint density at radius 2 is 1.43 bits per heavy atom. The molecular weight excluding hydrogens is 407 g/mol. The average molecular weight is 430 g/mol. The molecule has 2 nitrogen and oxygen atoms in total. The number of nitrogens with zero attached hydrogens (tertiary/aromatic N) is 1. The Morgan fingerprint density at radius 3 is 2.07 bits per heavy atom. The molecule has 138 valence electrons. The Balaban J connectivity index is 1.80. The summed E-state index contributed by atoms with van der Waals surface area (Å²) in [6.45, 7) is 0. The molecule has 1 aliphatic carbocycles. The SMILES string of the molecule is C[N+](C)=C1C=CC(=C2C=C(c3ccccc3)C=C(c3ccc(N)cc3)[Se]2)C=C1. The number of nitrogens with two attached hydrogens (primary N) is 1. The average Bonchev–Trinajstić information content (AvgIpc) is 2.74. The van der Waals surface area contributed by atoms with E-state index < -0.39 is 0 Å². The van der Waals surface area contributed by atoms with Crippen molar-refractivity contribution in [3.63, 3.8) is 0 Å². The first-order valence-corrected chi connectivity index (χ1v) is 11.0. The Kier molecular flexibility index (Phi) is 5.29. The van der Waals surface area contributed by atoms with E-state index in [4.69, 9.17) is 5.73 Å². The van der Waals surface area contributed by atoms with Gasteiger partial charge in [-0.1, -0.05) is 0 Å². The van der Waals surface area contributed by atoms with Crippen LogP contribution >= 0.6 is 0 Å². The van der Waals surface area contributed by atoms with Crippen molar-refractivity contribution in [3.8, 4) is 0 Å². The molecule has 2 N–H and O–H groups in total. The fourth-order valence-electron chi connectivity index (χ4n) is 3.15. The zero-order chi connectivity index (χ0) is 19.5. The van der Waals surface area contributed by atoms with E-state index in [0.717, 1.165) is 5.69 Å². The number of allylic oxidation sites excluding steroid dienone is 9. The number of nitrogen functional groups attached to an aromatic ring is 1. The van der Waals surface area contributed by atoms with Crippen LogP contribution in [0.4, 0.5) is 5.69 Å². The van der Waals surface area contributed by atoms with Crippen LogP contribution in [0.3, 0.4) is 0 Å². The van der Waals surface area contributed by atoms with Gasteiger partial charge in [-0.15, -0.1) is 0 Å². The van der Waals surface area contributed by atoms with Crippen LogP contribution in [0.5, 0.6) is 0 Å². The van der Waals surface area contributed by atoms with Gasteiger partial charge >= 0.3 is 173 Å². The van der Waals surface area contributed by atoms with E-state index in [1.54, 1.807) is 0 Å². The second-order valence-corrected chi connectivity index (χ2v) is 9.28. The minimum atomic E-state index is 0.230. The number of hydrogen-bond donors (Lipinski definition) is 1. The van der Waals surface area contributed by atoms with Gasteiger partial charge in [-0.25, -0.2) is 0 Å². The second kappa shape index (κ2) is 8.02. The van der Waals surface area contributed by atoms with Crippen molar-refractivity contribution in [2.24, 2.45) is 0 Å². The molecule has 3 heteroatoms. The molecule has 0 saturated carbocycles. The zero-order valence-electron chi connectivity index (χ0n) is 16.1. The van der Waals surface area contributed by atoms with Crippen LogP contribution in [0.1, 0.15) is 11.1 Å². The molecule has 0 bridgehead atoms. The van der Waals surface area contributed by atoms with Crippen molar-refractivity contribution < 1.29 is 4.58 Å². The Hall–Kier alpha value is -2.87. The predicted molar refractivity (Wildman–Crippen MR) is 121 cm³/mol. The molecule has 4 rings (SSSR count). The molecule has 0 fully saturated rings. The van der Waals surface area contributed by atoms with Crippen LogP contribution in [-0.4, -0.2) is 39.3 Å². The summed E-state index contributed by atoms with van der Waals surface area (Å²) in [4.78, 5) is 0. The Morgan fingerprint density at radius 1 is 0.750 bits per heavy atom. The van der Waals surface area contributed by atoms with E-state index in [1.807, 2.05) is 12.1 Å². The number of hydrogen-bond acceptors (Lipinski definition) is 1. The van der Waals surface area contributed by atoms with E-state index in [1.165, 1.54) is 36.9 Å². The molecule has 2 aromatic rings. The van der Waals surface area contributed by atoms with E-state index in [2.05, 4.69) is 97.6 Å². The zero-order valence-corrected chi connectivity index (χ0v) is 17.8. The van der Waals surface area contributed by atoms with Gasteiger partial charge in [0.05, 0.1) is 0 Å². The third kappa shape index (κ3) is 4.01. The van der Waals surface area contributed by atoms with Crippen molar-refractivity contribution in [1.82, 2.24) is 0 Å². The van der Waals surface area contributed by atoms with Crippen molar-refractivity contribution in [3.05, 3.63) is 112 Å². The van der Waals surface area contributed by atoms with E-state index in [9.17, 15) is 0 Å². The Labute approximate surface area is 172 Å². The van der Waals surface area contributed by atoms with Gasteiger partial charge in [0.1, 0.15) is 0 Å². The molecule has 0 atom stereocenters. The summed E-state index contributed by atoms with van der Waals surface area (Å²) in [5, 5.41) is 0. The van der Waals surface area contributed by atoms with Crippen LogP contribution in [0, 0.1) is 0 Å². The predicted octanol–water partition coefficient (Wildman–Crippen LogP) is 4.50. The molecule has 1 heterocycles. The molecule has 0 radical (unpaired) electrons. The maximum absolute atomic E-state index is 5.90. The first kappa shape index (κ1) is 18.5. The van der Waals surface area contributed by atoms with Crippen molar-refractivity contribution in [1.29, 1.82) is 0 Å². The molecule has 28 heavy (non-hydrogen) atoms. The molecule has 0 aromatic heterocycles. The minimum absolute atomic E-state index is 0.230.